The van der Waals surface area contributed by atoms with Gasteiger partial charge >= 0.3 is 0 Å². The number of phenolic OH excluding ortho intramolecular Hbond substituents is 1. The molecular formula is C26H32N2O4. The summed E-state index contributed by atoms with van der Waals surface area (Å²) in [5, 5.41) is 18.8. The zero-order valence-corrected chi connectivity index (χ0v) is 18.6. The Kier molecular flexibility index (Phi) is 6.70. The molecule has 1 fully saturated rings. The highest BCUT2D eigenvalue weighted by Gasteiger charge is 2.43. The van der Waals surface area contributed by atoms with Crippen molar-refractivity contribution >= 4 is 17.2 Å². The van der Waals surface area contributed by atoms with Gasteiger partial charge in [0, 0.05) is 22.8 Å². The molecule has 1 aliphatic carbocycles. The molecule has 6 heteroatoms. The standard InChI is InChI=1S/C26H32N2O4/c1-19-16-20(18-32-22-12-10-21(29)11-13-22)23-8-4-5-9-24(23)28(19)26(17-25(30)27-31)14-6-2-3-7-15-26/h4-5,8-13,16,19,29,31H,2-3,6-7,14-15,17-18H2,1H3,(H,27,30). The molecule has 6 nitrogen and oxygen atoms in total. The minimum Gasteiger partial charge on any atom is -0.508 e. The van der Waals surface area contributed by atoms with Gasteiger partial charge in [0.2, 0.25) is 5.91 Å². The Bertz CT molecular complexity index is 962. The van der Waals surface area contributed by atoms with Crippen LogP contribution in [0, 0.1) is 0 Å². The van der Waals surface area contributed by atoms with E-state index in [0.29, 0.717) is 12.4 Å². The number of hydroxylamine groups is 1. The van der Waals surface area contributed by atoms with E-state index >= 15 is 0 Å². The van der Waals surface area contributed by atoms with Gasteiger partial charge in [-0.3, -0.25) is 10.0 Å². The van der Waals surface area contributed by atoms with Crippen LogP contribution in [0.25, 0.3) is 5.57 Å². The lowest BCUT2D eigenvalue weighted by Gasteiger charge is -2.50. The molecule has 1 heterocycles. The number of nitrogens with zero attached hydrogens (tertiary/aromatic N) is 1. The summed E-state index contributed by atoms with van der Waals surface area (Å²) in [6, 6.07) is 15.1. The average molecular weight is 437 g/mol. The number of fused-ring (bicyclic) bond motifs is 1. The fourth-order valence-electron chi connectivity index (χ4n) is 5.37. The molecule has 2 aromatic carbocycles. The number of amides is 1. The van der Waals surface area contributed by atoms with E-state index in [1.807, 2.05) is 17.6 Å². The molecule has 1 unspecified atom stereocenters. The van der Waals surface area contributed by atoms with Crippen LogP contribution in [-0.2, 0) is 4.79 Å². The van der Waals surface area contributed by atoms with Gasteiger partial charge < -0.3 is 14.7 Å². The molecule has 32 heavy (non-hydrogen) atoms. The topological polar surface area (TPSA) is 82.0 Å². The predicted molar refractivity (Wildman–Crippen MR) is 125 cm³/mol. The van der Waals surface area contributed by atoms with E-state index in [1.54, 1.807) is 24.3 Å². The Morgan fingerprint density at radius 2 is 1.78 bits per heavy atom. The molecule has 0 spiro atoms. The number of carbonyl (C=O) groups excluding carboxylic acids is 1. The van der Waals surface area contributed by atoms with E-state index < -0.39 is 0 Å². The summed E-state index contributed by atoms with van der Waals surface area (Å²) in [6.45, 7) is 2.59. The number of anilines is 1. The lowest BCUT2D eigenvalue weighted by atomic mass is 9.80. The van der Waals surface area contributed by atoms with Gasteiger partial charge in [-0.15, -0.1) is 0 Å². The van der Waals surface area contributed by atoms with Crippen LogP contribution in [0.2, 0.25) is 0 Å². The number of nitrogens with one attached hydrogen (secondary N) is 1. The number of benzene rings is 2. The number of ether oxygens (including phenoxy) is 1. The second kappa shape index (κ2) is 9.65. The van der Waals surface area contributed by atoms with Crippen LogP contribution in [0.3, 0.4) is 0 Å². The van der Waals surface area contributed by atoms with Crippen molar-refractivity contribution in [1.29, 1.82) is 0 Å². The van der Waals surface area contributed by atoms with Gasteiger partial charge in [0.05, 0.1) is 6.42 Å². The van der Waals surface area contributed by atoms with Gasteiger partial charge in [-0.25, -0.2) is 5.48 Å². The van der Waals surface area contributed by atoms with Gasteiger partial charge in [0.25, 0.3) is 0 Å². The third-order valence-electron chi connectivity index (χ3n) is 6.75. The summed E-state index contributed by atoms with van der Waals surface area (Å²) in [5.74, 6) is 0.586. The first-order valence-electron chi connectivity index (χ1n) is 11.5. The molecule has 0 bridgehead atoms. The Balaban J connectivity index is 1.67. The molecular weight excluding hydrogens is 404 g/mol. The SMILES string of the molecule is CC1C=C(COc2ccc(O)cc2)c2ccccc2N1C1(CC(=O)NO)CCCCCC1. The first kappa shape index (κ1) is 22.2. The molecule has 0 radical (unpaired) electrons. The molecule has 0 aromatic heterocycles. The van der Waals surface area contributed by atoms with Crippen molar-refractivity contribution in [2.75, 3.05) is 11.5 Å². The van der Waals surface area contributed by atoms with Gasteiger partial charge in [0.15, 0.2) is 0 Å². The maximum Gasteiger partial charge on any atom is 0.245 e. The summed E-state index contributed by atoms with van der Waals surface area (Å²) in [6.07, 6.45) is 8.84. The van der Waals surface area contributed by atoms with E-state index in [0.717, 1.165) is 42.5 Å². The van der Waals surface area contributed by atoms with Crippen molar-refractivity contribution < 1.29 is 19.8 Å². The van der Waals surface area contributed by atoms with Crippen LogP contribution in [0.15, 0.2) is 54.6 Å². The summed E-state index contributed by atoms with van der Waals surface area (Å²) in [4.78, 5) is 14.8. The molecule has 3 N–H and O–H groups in total. The number of phenols is 1. The minimum atomic E-state index is -0.335. The van der Waals surface area contributed by atoms with Crippen molar-refractivity contribution in [3.63, 3.8) is 0 Å². The van der Waals surface area contributed by atoms with E-state index in [2.05, 4.69) is 30.0 Å². The fourth-order valence-corrected chi connectivity index (χ4v) is 5.37. The summed E-state index contributed by atoms with van der Waals surface area (Å²) < 4.78 is 6.02. The largest absolute Gasteiger partial charge is 0.508 e. The lowest BCUT2D eigenvalue weighted by Crippen LogP contribution is -2.56. The zero-order chi connectivity index (χ0) is 22.6. The van der Waals surface area contributed by atoms with Gasteiger partial charge in [-0.05, 0) is 55.7 Å². The number of hydrogen-bond donors (Lipinski definition) is 3. The number of hydrogen-bond acceptors (Lipinski definition) is 5. The Morgan fingerprint density at radius 3 is 2.47 bits per heavy atom. The third kappa shape index (κ3) is 4.60. The highest BCUT2D eigenvalue weighted by atomic mass is 16.5. The smallest absolute Gasteiger partial charge is 0.245 e. The van der Waals surface area contributed by atoms with E-state index in [-0.39, 0.29) is 29.7 Å². The van der Waals surface area contributed by atoms with Crippen molar-refractivity contribution in [3.8, 4) is 11.5 Å². The Hall–Kier alpha value is -2.99. The molecule has 1 saturated carbocycles. The molecule has 1 amide bonds. The maximum atomic E-state index is 12.4. The van der Waals surface area contributed by atoms with Gasteiger partial charge in [-0.2, -0.15) is 0 Å². The second-order valence-corrected chi connectivity index (χ2v) is 8.95. The van der Waals surface area contributed by atoms with E-state index in [4.69, 9.17) is 4.74 Å². The molecule has 0 saturated heterocycles. The predicted octanol–water partition coefficient (Wildman–Crippen LogP) is 5.05. The molecule has 2 aliphatic rings. The zero-order valence-electron chi connectivity index (χ0n) is 18.6. The van der Waals surface area contributed by atoms with Crippen molar-refractivity contribution in [2.24, 2.45) is 0 Å². The Labute approximate surface area is 189 Å². The van der Waals surface area contributed by atoms with E-state index in [9.17, 15) is 15.1 Å². The molecule has 2 aromatic rings. The van der Waals surface area contributed by atoms with Crippen molar-refractivity contribution in [2.45, 2.75) is 63.5 Å². The van der Waals surface area contributed by atoms with Crippen LogP contribution in [-0.4, -0.2) is 34.4 Å². The van der Waals surface area contributed by atoms with E-state index in [1.165, 1.54) is 12.8 Å². The van der Waals surface area contributed by atoms with Crippen molar-refractivity contribution in [1.82, 2.24) is 5.48 Å². The monoisotopic (exact) mass is 436 g/mol. The van der Waals surface area contributed by atoms with Crippen LogP contribution in [0.1, 0.15) is 57.4 Å². The molecule has 1 atom stereocenters. The van der Waals surface area contributed by atoms with Crippen LogP contribution < -0.4 is 15.1 Å². The fraction of sp³-hybridized carbons (Fsp3) is 0.423. The first-order valence-corrected chi connectivity index (χ1v) is 11.5. The first-order chi connectivity index (χ1) is 15.5. The van der Waals surface area contributed by atoms with Gasteiger partial charge in [0.1, 0.15) is 18.1 Å². The van der Waals surface area contributed by atoms with Crippen LogP contribution in [0.5, 0.6) is 11.5 Å². The lowest BCUT2D eigenvalue weighted by molar-refractivity contribution is -0.130. The molecule has 4 rings (SSSR count). The van der Waals surface area contributed by atoms with Crippen LogP contribution >= 0.6 is 0 Å². The summed E-state index contributed by atoms with van der Waals surface area (Å²) >= 11 is 0. The maximum absolute atomic E-state index is 12.4. The number of para-hydroxylation sites is 1. The van der Waals surface area contributed by atoms with Crippen molar-refractivity contribution in [3.05, 3.63) is 60.2 Å². The summed E-state index contributed by atoms with van der Waals surface area (Å²) in [7, 11) is 0. The third-order valence-corrected chi connectivity index (χ3v) is 6.75. The Morgan fingerprint density at radius 1 is 1.09 bits per heavy atom. The van der Waals surface area contributed by atoms with Crippen LogP contribution in [0.4, 0.5) is 5.69 Å². The quantitative estimate of drug-likeness (QED) is 0.335. The average Bonchev–Trinajstić information content (AvgIpc) is 3.04. The highest BCUT2D eigenvalue weighted by molar-refractivity contribution is 5.84. The summed E-state index contributed by atoms with van der Waals surface area (Å²) in [5.41, 5.74) is 4.86. The minimum absolute atomic E-state index is 0.0768. The molecule has 1 aliphatic heterocycles. The number of aromatic hydroxyl groups is 1. The molecule has 170 valence electrons. The normalized spacial score (nSPS) is 20.0. The number of rotatable bonds is 6. The highest BCUT2D eigenvalue weighted by Crippen LogP contribution is 2.45. The second-order valence-electron chi connectivity index (χ2n) is 8.95. The van der Waals surface area contributed by atoms with Gasteiger partial charge in [-0.1, -0.05) is 50.0 Å². The number of carbonyl (C=O) groups is 1.